The summed E-state index contributed by atoms with van der Waals surface area (Å²) in [5.41, 5.74) is 3.02. The van der Waals surface area contributed by atoms with E-state index in [0.29, 0.717) is 5.56 Å². The lowest BCUT2D eigenvalue weighted by molar-refractivity contribution is -0.417. The highest BCUT2D eigenvalue weighted by atomic mass is 19.3. The topological polar surface area (TPSA) is 92.7 Å². The average Bonchev–Trinajstić information content (AvgIpc) is 3.11. The van der Waals surface area contributed by atoms with Gasteiger partial charge in [-0.3, -0.25) is 0 Å². The van der Waals surface area contributed by atoms with E-state index < -0.39 is 42.1 Å². The molecule has 0 aromatic heterocycles. The van der Waals surface area contributed by atoms with E-state index in [1.807, 2.05) is 91.0 Å². The number of halogens is 2. The Morgan fingerprint density at radius 2 is 1.10 bits per heavy atom. The monoisotopic (exact) mass is 662 g/mol. The van der Waals surface area contributed by atoms with E-state index in [0.717, 1.165) is 16.7 Å². The minimum absolute atomic E-state index is 0.0411. The number of esters is 1. The third-order valence-corrected chi connectivity index (χ3v) is 7.92. The highest BCUT2D eigenvalue weighted by molar-refractivity contribution is 5.79. The van der Waals surface area contributed by atoms with Crippen LogP contribution in [0, 0.1) is 0 Å². The van der Waals surface area contributed by atoms with Crippen molar-refractivity contribution in [3.8, 4) is 0 Å². The fourth-order valence-corrected chi connectivity index (χ4v) is 5.47. The molecule has 1 aliphatic heterocycles. The maximum absolute atomic E-state index is 16.3. The molecule has 4 aromatic carbocycles. The Morgan fingerprint density at radius 3 is 1.56 bits per heavy atom. The first kappa shape index (κ1) is 35.3. The summed E-state index contributed by atoms with van der Waals surface area (Å²) in [6, 6.07) is 36.5. The quantitative estimate of drug-likeness (QED) is 0.141. The van der Waals surface area contributed by atoms with Crippen LogP contribution in [-0.4, -0.2) is 60.4 Å². The van der Waals surface area contributed by atoms with Gasteiger partial charge in [-0.25, -0.2) is 4.79 Å². The molecule has 0 bridgehead atoms. The maximum atomic E-state index is 16.3. The van der Waals surface area contributed by atoms with E-state index in [1.165, 1.54) is 6.92 Å². The Balaban J connectivity index is 1.54. The molecule has 0 unspecified atom stereocenters. The van der Waals surface area contributed by atoms with E-state index in [9.17, 15) is 9.90 Å². The van der Waals surface area contributed by atoms with Crippen LogP contribution in [0.3, 0.4) is 0 Å². The van der Waals surface area contributed by atoms with Crippen molar-refractivity contribution in [2.75, 3.05) is 13.2 Å². The van der Waals surface area contributed by atoms with Gasteiger partial charge in [0.2, 0.25) is 0 Å². The highest BCUT2D eigenvalue weighted by Gasteiger charge is 2.72. The van der Waals surface area contributed by atoms with Crippen molar-refractivity contribution in [3.63, 3.8) is 0 Å². The third kappa shape index (κ3) is 8.70. The van der Waals surface area contributed by atoms with Crippen molar-refractivity contribution in [2.45, 2.75) is 69.5 Å². The van der Waals surface area contributed by atoms with Gasteiger partial charge < -0.3 is 33.5 Å². The first-order valence-electron chi connectivity index (χ1n) is 15.8. The van der Waals surface area contributed by atoms with Crippen molar-refractivity contribution in [3.05, 3.63) is 144 Å². The first-order valence-corrected chi connectivity index (χ1v) is 15.8. The molecular formula is C38H40F2O8. The number of ether oxygens (including phenoxy) is 6. The Hall–Kier alpha value is -4.03. The molecule has 4 aromatic rings. The minimum Gasteiger partial charge on any atom is -0.461 e. The van der Waals surface area contributed by atoms with Gasteiger partial charge in [0.15, 0.2) is 0 Å². The van der Waals surface area contributed by atoms with E-state index in [-0.39, 0.29) is 39.6 Å². The predicted octanol–water partition coefficient (Wildman–Crippen LogP) is 6.25. The number of aliphatic hydroxyl groups is 1. The lowest BCUT2D eigenvalue weighted by Gasteiger charge is -2.51. The van der Waals surface area contributed by atoms with Crippen LogP contribution in [0.2, 0.25) is 0 Å². The van der Waals surface area contributed by atoms with E-state index >= 15 is 8.78 Å². The van der Waals surface area contributed by atoms with Crippen molar-refractivity contribution >= 4 is 5.97 Å². The fourth-order valence-electron chi connectivity index (χ4n) is 5.47. The van der Waals surface area contributed by atoms with Gasteiger partial charge in [0.25, 0.3) is 5.79 Å². The van der Waals surface area contributed by atoms with Gasteiger partial charge >= 0.3 is 11.9 Å². The average molecular weight is 663 g/mol. The smallest absolute Gasteiger partial charge is 0.397 e. The molecule has 1 aliphatic rings. The van der Waals surface area contributed by atoms with Gasteiger partial charge in [-0.05, 0) is 29.2 Å². The van der Waals surface area contributed by atoms with E-state index in [4.69, 9.17) is 28.4 Å². The second-order valence-corrected chi connectivity index (χ2v) is 11.4. The molecule has 1 N–H and O–H groups in total. The van der Waals surface area contributed by atoms with Crippen LogP contribution in [0.1, 0.15) is 29.2 Å². The Morgan fingerprint density at radius 1 is 0.688 bits per heavy atom. The standard InChI is InChI=1S/C38H40F2O8/c1-2-44-36(41)37(39,40)38(42)35(47-26-31-21-13-6-14-22-31)34(46-25-30-19-11-5-12-20-30)33(45-24-29-17-9-4-10-18-29)32(48-38)27-43-23-28-15-7-3-8-16-28/h3-22,32-35,42H,2,23-27H2,1H3/t32-,33+,34+,35-,38-/m1/s1. The molecule has 0 saturated carbocycles. The molecular weight excluding hydrogens is 622 g/mol. The molecule has 8 nitrogen and oxygen atoms in total. The Bertz CT molecular complexity index is 1530. The van der Waals surface area contributed by atoms with Crippen molar-refractivity contribution in [1.29, 1.82) is 0 Å². The molecule has 1 heterocycles. The summed E-state index contributed by atoms with van der Waals surface area (Å²) in [5.74, 6) is -10.1. The SMILES string of the molecule is CCOC(=O)C(F)(F)[C@]1(O)O[C@H](COCc2ccccc2)[C@H](OCc2ccccc2)[C@H](OCc2ccccc2)[C@H]1OCc1ccccc1. The minimum atomic E-state index is -4.58. The summed E-state index contributed by atoms with van der Waals surface area (Å²) in [4.78, 5) is 12.8. The van der Waals surface area contributed by atoms with Crippen LogP contribution < -0.4 is 0 Å². The molecule has 0 aliphatic carbocycles. The summed E-state index contributed by atoms with van der Waals surface area (Å²) in [5, 5.41) is 12.0. The molecule has 1 saturated heterocycles. The molecule has 5 rings (SSSR count). The van der Waals surface area contributed by atoms with E-state index in [2.05, 4.69) is 0 Å². The zero-order chi connectivity index (χ0) is 33.8. The molecule has 0 radical (unpaired) electrons. The first-order chi connectivity index (χ1) is 23.3. The van der Waals surface area contributed by atoms with Crippen molar-refractivity contribution < 1.29 is 47.1 Å². The number of hydrogen-bond acceptors (Lipinski definition) is 8. The molecule has 1 fully saturated rings. The summed E-state index contributed by atoms with van der Waals surface area (Å²) >= 11 is 0. The van der Waals surface area contributed by atoms with Crippen LogP contribution in [0.4, 0.5) is 8.78 Å². The van der Waals surface area contributed by atoms with Gasteiger partial charge in [0, 0.05) is 0 Å². The van der Waals surface area contributed by atoms with Crippen LogP contribution in [0.15, 0.2) is 121 Å². The summed E-state index contributed by atoms with van der Waals surface area (Å²) < 4.78 is 67.9. The maximum Gasteiger partial charge on any atom is 0.397 e. The van der Waals surface area contributed by atoms with E-state index in [1.54, 1.807) is 30.3 Å². The lowest BCUT2D eigenvalue weighted by Crippen LogP contribution is -2.74. The number of carbonyl (C=O) groups is 1. The molecule has 10 heteroatoms. The zero-order valence-corrected chi connectivity index (χ0v) is 26.7. The fraction of sp³-hybridized carbons (Fsp3) is 0.342. The molecule has 0 amide bonds. The second kappa shape index (κ2) is 16.9. The van der Waals surface area contributed by atoms with Crippen LogP contribution in [0.25, 0.3) is 0 Å². The molecule has 5 atom stereocenters. The summed E-state index contributed by atoms with van der Waals surface area (Å²) in [6.07, 6.45) is -5.72. The predicted molar refractivity (Wildman–Crippen MR) is 173 cm³/mol. The number of carbonyl (C=O) groups excluding carboxylic acids is 1. The lowest BCUT2D eigenvalue weighted by atomic mass is 9.87. The number of alkyl halides is 2. The Kier molecular flexibility index (Phi) is 12.4. The second-order valence-electron chi connectivity index (χ2n) is 11.4. The van der Waals surface area contributed by atoms with Gasteiger partial charge in [0.1, 0.15) is 24.4 Å². The largest absolute Gasteiger partial charge is 0.461 e. The number of hydrogen-bond donors (Lipinski definition) is 1. The van der Waals surface area contributed by atoms with Gasteiger partial charge in [-0.15, -0.1) is 0 Å². The van der Waals surface area contributed by atoms with Gasteiger partial charge in [-0.1, -0.05) is 121 Å². The molecule has 254 valence electrons. The third-order valence-electron chi connectivity index (χ3n) is 7.92. The summed E-state index contributed by atoms with van der Waals surface area (Å²) in [7, 11) is 0. The van der Waals surface area contributed by atoms with Crippen molar-refractivity contribution in [1.82, 2.24) is 0 Å². The number of rotatable bonds is 16. The van der Waals surface area contributed by atoms with Gasteiger partial charge in [-0.2, -0.15) is 8.78 Å². The van der Waals surface area contributed by atoms with Crippen LogP contribution in [0.5, 0.6) is 0 Å². The highest BCUT2D eigenvalue weighted by Crippen LogP contribution is 2.44. The van der Waals surface area contributed by atoms with Crippen LogP contribution in [-0.2, 0) is 59.6 Å². The zero-order valence-electron chi connectivity index (χ0n) is 26.7. The Labute approximate surface area is 279 Å². The number of benzene rings is 4. The van der Waals surface area contributed by atoms with Gasteiger partial charge in [0.05, 0.1) is 39.6 Å². The molecule has 0 spiro atoms. The van der Waals surface area contributed by atoms with Crippen molar-refractivity contribution in [2.24, 2.45) is 0 Å². The normalized spacial score (nSPS) is 22.7. The summed E-state index contributed by atoms with van der Waals surface area (Å²) in [6.45, 7) is 0.702. The van der Waals surface area contributed by atoms with Crippen LogP contribution >= 0.6 is 0 Å². The molecule has 48 heavy (non-hydrogen) atoms.